The molecule has 0 radical (unpaired) electrons. The van der Waals surface area contributed by atoms with Gasteiger partial charge in [-0.25, -0.2) is 18.1 Å². The molecule has 4 aromatic rings. The highest BCUT2D eigenvalue weighted by Crippen LogP contribution is 2.35. The Labute approximate surface area is 145 Å². The van der Waals surface area contributed by atoms with Gasteiger partial charge in [0.25, 0.3) is 0 Å². The normalized spacial score (nSPS) is 11.7. The third-order valence-electron chi connectivity index (χ3n) is 4.06. The predicted molar refractivity (Wildman–Crippen MR) is 97.4 cm³/mol. The first-order chi connectivity index (χ1) is 12.0. The van der Waals surface area contributed by atoms with E-state index in [0.717, 1.165) is 27.9 Å². The Bertz CT molecular complexity index is 1150. The average Bonchev–Trinajstić information content (AvgIpc) is 3.01. The van der Waals surface area contributed by atoms with E-state index in [9.17, 15) is 8.42 Å². The number of aromatic nitrogens is 2. The molecule has 0 aliphatic rings. The largest absolute Gasteiger partial charge is 0.240 e. The maximum Gasteiger partial charge on any atom is 0.238 e. The van der Waals surface area contributed by atoms with Gasteiger partial charge in [0.05, 0.1) is 10.4 Å². The summed E-state index contributed by atoms with van der Waals surface area (Å²) >= 11 is 0. The second-order valence-electron chi connectivity index (χ2n) is 5.69. The molecule has 4 rings (SSSR count). The zero-order valence-electron chi connectivity index (χ0n) is 13.2. The van der Waals surface area contributed by atoms with Gasteiger partial charge in [0.15, 0.2) is 0 Å². The highest BCUT2D eigenvalue weighted by molar-refractivity contribution is 7.89. The summed E-state index contributed by atoms with van der Waals surface area (Å²) in [6, 6.07) is 22.3. The predicted octanol–water partition coefficient (Wildman–Crippen LogP) is 3.32. The van der Waals surface area contributed by atoms with Crippen molar-refractivity contribution in [1.82, 2.24) is 9.61 Å². The molecule has 0 aliphatic heterocycles. The first-order valence-corrected chi connectivity index (χ1v) is 9.25. The van der Waals surface area contributed by atoms with Crippen molar-refractivity contribution < 1.29 is 8.42 Å². The van der Waals surface area contributed by atoms with Crippen molar-refractivity contribution in [2.45, 2.75) is 4.90 Å². The number of nitrogens with two attached hydrogens (primary N) is 1. The topological polar surface area (TPSA) is 77.5 Å². The molecule has 2 aromatic heterocycles. The van der Waals surface area contributed by atoms with Crippen LogP contribution < -0.4 is 5.14 Å². The summed E-state index contributed by atoms with van der Waals surface area (Å²) in [5, 5.41) is 9.90. The van der Waals surface area contributed by atoms with Crippen LogP contribution in [0.2, 0.25) is 0 Å². The number of benzene rings is 2. The van der Waals surface area contributed by atoms with Crippen molar-refractivity contribution in [3.05, 3.63) is 79.0 Å². The van der Waals surface area contributed by atoms with E-state index in [4.69, 9.17) is 10.2 Å². The quantitative estimate of drug-likeness (QED) is 0.616. The SMILES string of the molecule is NS(=O)(=O)c1ccc(-c2c(-c3ccccc3)nn3ccccc23)cc1. The lowest BCUT2D eigenvalue weighted by Gasteiger charge is -2.05. The minimum absolute atomic E-state index is 0.0917. The molecule has 2 N–H and O–H groups in total. The Kier molecular flexibility index (Phi) is 3.63. The smallest absolute Gasteiger partial charge is 0.238 e. The molecular weight excluding hydrogens is 334 g/mol. The lowest BCUT2D eigenvalue weighted by molar-refractivity contribution is 0.598. The molecule has 0 unspecified atom stereocenters. The third-order valence-corrected chi connectivity index (χ3v) is 4.99. The molecule has 0 bridgehead atoms. The Balaban J connectivity index is 1.97. The van der Waals surface area contributed by atoms with E-state index >= 15 is 0 Å². The summed E-state index contributed by atoms with van der Waals surface area (Å²) in [4.78, 5) is 0.0917. The van der Waals surface area contributed by atoms with Gasteiger partial charge in [0, 0.05) is 17.3 Å². The van der Waals surface area contributed by atoms with Gasteiger partial charge < -0.3 is 0 Å². The molecule has 0 saturated heterocycles. The molecule has 0 amide bonds. The summed E-state index contributed by atoms with van der Waals surface area (Å²) in [5.41, 5.74) is 4.62. The lowest BCUT2D eigenvalue weighted by Crippen LogP contribution is -2.11. The second-order valence-corrected chi connectivity index (χ2v) is 7.25. The molecule has 0 spiro atoms. The van der Waals surface area contributed by atoms with Crippen molar-refractivity contribution in [3.8, 4) is 22.4 Å². The minimum Gasteiger partial charge on any atom is -0.240 e. The first kappa shape index (κ1) is 15.6. The van der Waals surface area contributed by atoms with Gasteiger partial charge in [-0.1, -0.05) is 48.5 Å². The van der Waals surface area contributed by atoms with Crippen LogP contribution in [-0.4, -0.2) is 18.0 Å². The fourth-order valence-electron chi connectivity index (χ4n) is 2.89. The summed E-state index contributed by atoms with van der Waals surface area (Å²) < 4.78 is 24.8. The number of rotatable bonds is 3. The number of hydrogen-bond donors (Lipinski definition) is 1. The number of sulfonamides is 1. The zero-order chi connectivity index (χ0) is 17.4. The lowest BCUT2D eigenvalue weighted by atomic mass is 10.00. The molecule has 2 heterocycles. The van der Waals surface area contributed by atoms with Crippen LogP contribution in [0.3, 0.4) is 0 Å². The number of nitrogens with zero attached hydrogens (tertiary/aromatic N) is 2. The van der Waals surface area contributed by atoms with E-state index in [1.54, 1.807) is 12.1 Å². The van der Waals surface area contributed by atoms with Crippen LogP contribution in [0.5, 0.6) is 0 Å². The Hall–Kier alpha value is -2.96. The van der Waals surface area contributed by atoms with Crippen LogP contribution in [0, 0.1) is 0 Å². The molecule has 5 nitrogen and oxygen atoms in total. The standard InChI is InChI=1S/C19H15N3O2S/c20-25(23,24)16-11-9-14(10-12-16)18-17-8-4-5-13-22(17)21-19(18)15-6-2-1-3-7-15/h1-13H,(H2,20,23,24). The number of hydrogen-bond acceptors (Lipinski definition) is 3. The van der Waals surface area contributed by atoms with Gasteiger partial charge in [-0.2, -0.15) is 5.10 Å². The Morgan fingerprint density at radius 3 is 2.16 bits per heavy atom. The molecule has 0 fully saturated rings. The van der Waals surface area contributed by atoms with E-state index in [1.165, 1.54) is 12.1 Å². The van der Waals surface area contributed by atoms with Gasteiger partial charge >= 0.3 is 0 Å². The van der Waals surface area contributed by atoms with Gasteiger partial charge in [-0.3, -0.25) is 0 Å². The van der Waals surface area contributed by atoms with E-state index in [0.29, 0.717) is 0 Å². The summed E-state index contributed by atoms with van der Waals surface area (Å²) in [6.07, 6.45) is 1.89. The highest BCUT2D eigenvalue weighted by Gasteiger charge is 2.16. The maximum absolute atomic E-state index is 11.5. The maximum atomic E-state index is 11.5. The van der Waals surface area contributed by atoms with Crippen LogP contribution >= 0.6 is 0 Å². The molecule has 25 heavy (non-hydrogen) atoms. The van der Waals surface area contributed by atoms with Crippen LogP contribution in [-0.2, 0) is 10.0 Å². The molecule has 124 valence electrons. The zero-order valence-corrected chi connectivity index (χ0v) is 14.0. The van der Waals surface area contributed by atoms with Crippen molar-refractivity contribution in [1.29, 1.82) is 0 Å². The number of primary sulfonamides is 1. The Morgan fingerprint density at radius 2 is 1.48 bits per heavy atom. The van der Waals surface area contributed by atoms with Gasteiger partial charge in [0.2, 0.25) is 10.0 Å². The molecule has 0 atom stereocenters. The first-order valence-electron chi connectivity index (χ1n) is 7.70. The van der Waals surface area contributed by atoms with Gasteiger partial charge in [-0.15, -0.1) is 0 Å². The molecule has 0 aliphatic carbocycles. The van der Waals surface area contributed by atoms with Crippen LogP contribution in [0.1, 0.15) is 0 Å². The molecule has 0 saturated carbocycles. The molecule has 6 heteroatoms. The van der Waals surface area contributed by atoms with Gasteiger partial charge in [0.1, 0.15) is 5.69 Å². The van der Waals surface area contributed by atoms with Crippen molar-refractivity contribution in [2.75, 3.05) is 0 Å². The van der Waals surface area contributed by atoms with Crippen molar-refractivity contribution >= 4 is 15.5 Å². The minimum atomic E-state index is -3.71. The number of pyridine rings is 1. The second kappa shape index (κ2) is 5.84. The van der Waals surface area contributed by atoms with E-state index in [-0.39, 0.29) is 4.90 Å². The summed E-state index contributed by atoms with van der Waals surface area (Å²) in [6.45, 7) is 0. The van der Waals surface area contributed by atoms with E-state index < -0.39 is 10.0 Å². The third kappa shape index (κ3) is 2.82. The molecule has 2 aromatic carbocycles. The van der Waals surface area contributed by atoms with Crippen LogP contribution in [0.4, 0.5) is 0 Å². The average molecular weight is 349 g/mol. The monoisotopic (exact) mass is 349 g/mol. The van der Waals surface area contributed by atoms with Crippen LogP contribution in [0.25, 0.3) is 27.9 Å². The Morgan fingerprint density at radius 1 is 0.800 bits per heavy atom. The fourth-order valence-corrected chi connectivity index (χ4v) is 3.41. The van der Waals surface area contributed by atoms with Crippen molar-refractivity contribution in [3.63, 3.8) is 0 Å². The number of fused-ring (bicyclic) bond motifs is 1. The van der Waals surface area contributed by atoms with E-state index in [2.05, 4.69) is 0 Å². The highest BCUT2D eigenvalue weighted by atomic mass is 32.2. The van der Waals surface area contributed by atoms with Gasteiger partial charge in [-0.05, 0) is 29.8 Å². The molecular formula is C19H15N3O2S. The summed E-state index contributed by atoms with van der Waals surface area (Å²) in [5.74, 6) is 0. The van der Waals surface area contributed by atoms with Crippen LogP contribution in [0.15, 0.2) is 83.9 Å². The fraction of sp³-hybridized carbons (Fsp3) is 0. The van der Waals surface area contributed by atoms with E-state index in [1.807, 2.05) is 59.2 Å². The van der Waals surface area contributed by atoms with Crippen molar-refractivity contribution in [2.24, 2.45) is 5.14 Å². The summed E-state index contributed by atoms with van der Waals surface area (Å²) in [7, 11) is -3.71.